The van der Waals surface area contributed by atoms with Crippen molar-refractivity contribution in [2.45, 2.75) is 6.92 Å². The van der Waals surface area contributed by atoms with Crippen molar-refractivity contribution < 1.29 is 14.5 Å². The molecule has 0 N–H and O–H groups in total. The summed E-state index contributed by atoms with van der Waals surface area (Å²) in [5, 5.41) is 11.1. The van der Waals surface area contributed by atoms with Gasteiger partial charge in [-0.25, -0.2) is 0 Å². The molecule has 0 atom stereocenters. The van der Waals surface area contributed by atoms with Crippen molar-refractivity contribution in [3.63, 3.8) is 0 Å². The predicted molar refractivity (Wildman–Crippen MR) is 85.0 cm³/mol. The standard InChI is InChI=1S/C17H12N2O4/c1-11(20)18-15-9-5-3-7-13(15)17(21)16(18)10-12-6-2-4-8-14(12)19(22)23/h2-10H,1H3. The zero-order valence-corrected chi connectivity index (χ0v) is 12.2. The number of rotatable bonds is 2. The molecule has 0 radical (unpaired) electrons. The summed E-state index contributed by atoms with van der Waals surface area (Å²) in [6.45, 7) is 1.35. The van der Waals surface area contributed by atoms with Gasteiger partial charge in [-0.3, -0.25) is 24.6 Å². The molecule has 3 rings (SSSR count). The van der Waals surface area contributed by atoms with E-state index in [9.17, 15) is 19.7 Å². The average molecular weight is 308 g/mol. The number of hydrogen-bond donors (Lipinski definition) is 0. The van der Waals surface area contributed by atoms with E-state index in [1.807, 2.05) is 0 Å². The molecule has 6 heteroatoms. The molecule has 0 fully saturated rings. The fourth-order valence-corrected chi connectivity index (χ4v) is 2.62. The molecule has 2 aromatic rings. The van der Waals surface area contributed by atoms with Crippen LogP contribution >= 0.6 is 0 Å². The highest BCUT2D eigenvalue weighted by Crippen LogP contribution is 2.36. The number of benzene rings is 2. The second-order valence-electron chi connectivity index (χ2n) is 5.05. The van der Waals surface area contributed by atoms with E-state index < -0.39 is 4.92 Å². The number of fused-ring (bicyclic) bond motifs is 1. The summed E-state index contributed by atoms with van der Waals surface area (Å²) in [7, 11) is 0. The lowest BCUT2D eigenvalue weighted by Crippen LogP contribution is -2.25. The van der Waals surface area contributed by atoms with Crippen LogP contribution in [0, 0.1) is 10.1 Å². The molecule has 0 bridgehead atoms. The number of amides is 1. The Kier molecular flexibility index (Phi) is 3.50. The molecule has 6 nitrogen and oxygen atoms in total. The molecule has 0 spiro atoms. The van der Waals surface area contributed by atoms with Gasteiger partial charge in [0.15, 0.2) is 0 Å². The molecule has 0 aromatic heterocycles. The number of hydrogen-bond acceptors (Lipinski definition) is 4. The molecule has 0 saturated heterocycles. The molecule has 0 saturated carbocycles. The number of carbonyl (C=O) groups is 2. The van der Waals surface area contributed by atoms with Gasteiger partial charge in [-0.05, 0) is 24.3 Å². The van der Waals surface area contributed by atoms with E-state index in [1.165, 1.54) is 24.0 Å². The number of ketones is 1. The summed E-state index contributed by atoms with van der Waals surface area (Å²) in [4.78, 5) is 36.4. The van der Waals surface area contributed by atoms with Crippen LogP contribution in [-0.2, 0) is 4.79 Å². The Hall–Kier alpha value is -3.28. The zero-order chi connectivity index (χ0) is 16.6. The number of nitro groups is 1. The van der Waals surface area contributed by atoms with Crippen molar-refractivity contribution in [1.82, 2.24) is 0 Å². The molecule has 23 heavy (non-hydrogen) atoms. The predicted octanol–water partition coefficient (Wildman–Crippen LogP) is 3.19. The van der Waals surface area contributed by atoms with Crippen LogP contribution in [0.15, 0.2) is 54.2 Å². The van der Waals surface area contributed by atoms with Gasteiger partial charge < -0.3 is 0 Å². The fraction of sp³-hybridized carbons (Fsp3) is 0.0588. The fourth-order valence-electron chi connectivity index (χ4n) is 2.62. The second-order valence-corrected chi connectivity index (χ2v) is 5.05. The average Bonchev–Trinajstić information content (AvgIpc) is 2.81. The van der Waals surface area contributed by atoms with Crippen molar-refractivity contribution >= 4 is 29.1 Å². The lowest BCUT2D eigenvalue weighted by atomic mass is 10.1. The van der Waals surface area contributed by atoms with E-state index in [1.54, 1.807) is 42.5 Å². The molecule has 1 heterocycles. The maximum absolute atomic E-state index is 12.6. The third-order valence-corrected chi connectivity index (χ3v) is 3.60. The first-order chi connectivity index (χ1) is 11.0. The third kappa shape index (κ3) is 2.40. The van der Waals surface area contributed by atoms with Crippen molar-refractivity contribution in [1.29, 1.82) is 0 Å². The van der Waals surface area contributed by atoms with Gasteiger partial charge in [0.25, 0.3) is 5.69 Å². The van der Waals surface area contributed by atoms with Crippen LogP contribution in [0.4, 0.5) is 11.4 Å². The van der Waals surface area contributed by atoms with E-state index in [4.69, 9.17) is 0 Å². The van der Waals surface area contributed by atoms with Gasteiger partial charge in [0.1, 0.15) is 0 Å². The Labute approximate surface area is 131 Å². The van der Waals surface area contributed by atoms with E-state index >= 15 is 0 Å². The largest absolute Gasteiger partial charge is 0.287 e. The van der Waals surface area contributed by atoms with Crippen LogP contribution in [0.1, 0.15) is 22.8 Å². The summed E-state index contributed by atoms with van der Waals surface area (Å²) in [5.74, 6) is -0.651. The summed E-state index contributed by atoms with van der Waals surface area (Å²) in [5.41, 5.74) is 1.18. The van der Waals surface area contributed by atoms with Gasteiger partial charge in [0.2, 0.25) is 11.7 Å². The molecular formula is C17H12N2O4. The lowest BCUT2D eigenvalue weighted by Gasteiger charge is -2.15. The lowest BCUT2D eigenvalue weighted by molar-refractivity contribution is -0.385. The van der Waals surface area contributed by atoms with Crippen LogP contribution in [0.3, 0.4) is 0 Å². The Morgan fingerprint density at radius 2 is 1.78 bits per heavy atom. The van der Waals surface area contributed by atoms with Gasteiger partial charge in [-0.2, -0.15) is 0 Å². The molecule has 0 aliphatic carbocycles. The van der Waals surface area contributed by atoms with Gasteiger partial charge in [0.05, 0.1) is 21.9 Å². The molecular weight excluding hydrogens is 296 g/mol. The monoisotopic (exact) mass is 308 g/mol. The first-order valence-electron chi connectivity index (χ1n) is 6.90. The summed E-state index contributed by atoms with van der Waals surface area (Å²) < 4.78 is 0. The Morgan fingerprint density at radius 3 is 2.48 bits per heavy atom. The first-order valence-corrected chi connectivity index (χ1v) is 6.90. The maximum Gasteiger partial charge on any atom is 0.276 e. The molecule has 0 unspecified atom stereocenters. The summed E-state index contributed by atoms with van der Waals surface area (Å²) in [6.07, 6.45) is 1.39. The van der Waals surface area contributed by atoms with Crippen molar-refractivity contribution in [3.8, 4) is 0 Å². The minimum absolute atomic E-state index is 0.118. The van der Waals surface area contributed by atoms with Gasteiger partial charge >= 0.3 is 0 Å². The van der Waals surface area contributed by atoms with Gasteiger partial charge in [-0.15, -0.1) is 0 Å². The molecule has 2 aromatic carbocycles. The first kappa shape index (κ1) is 14.6. The summed E-state index contributed by atoms with van der Waals surface area (Å²) >= 11 is 0. The number of nitrogens with zero attached hydrogens (tertiary/aromatic N) is 2. The normalized spacial score (nSPS) is 14.9. The Bertz CT molecular complexity index is 870. The number of carbonyl (C=O) groups excluding carboxylic acids is 2. The number of nitro benzene ring substituents is 1. The number of allylic oxidation sites excluding steroid dienone is 1. The Balaban J connectivity index is 2.19. The van der Waals surface area contributed by atoms with Crippen molar-refractivity contribution in [2.75, 3.05) is 4.90 Å². The van der Waals surface area contributed by atoms with Gasteiger partial charge in [0, 0.05) is 18.6 Å². The van der Waals surface area contributed by atoms with E-state index in [0.717, 1.165) is 0 Å². The smallest absolute Gasteiger partial charge is 0.276 e. The highest BCUT2D eigenvalue weighted by atomic mass is 16.6. The Morgan fingerprint density at radius 1 is 1.13 bits per heavy atom. The quantitative estimate of drug-likeness (QED) is 0.485. The van der Waals surface area contributed by atoms with Crippen LogP contribution in [0.25, 0.3) is 6.08 Å². The van der Waals surface area contributed by atoms with Crippen LogP contribution in [0.2, 0.25) is 0 Å². The second kappa shape index (κ2) is 5.49. The van der Waals surface area contributed by atoms with Crippen LogP contribution in [0.5, 0.6) is 0 Å². The highest BCUT2D eigenvalue weighted by Gasteiger charge is 2.34. The van der Waals surface area contributed by atoms with E-state index in [2.05, 4.69) is 0 Å². The molecule has 1 aliphatic heterocycles. The van der Waals surface area contributed by atoms with Crippen LogP contribution in [-0.4, -0.2) is 16.6 Å². The molecule has 114 valence electrons. The maximum atomic E-state index is 12.6. The third-order valence-electron chi connectivity index (χ3n) is 3.60. The minimum atomic E-state index is -0.517. The number of Topliss-reactive ketones (excluding diaryl/α,β-unsaturated/α-hetero) is 1. The van der Waals surface area contributed by atoms with Crippen molar-refractivity contribution in [2.24, 2.45) is 0 Å². The zero-order valence-electron chi connectivity index (χ0n) is 12.2. The topological polar surface area (TPSA) is 80.5 Å². The molecule has 1 amide bonds. The summed E-state index contributed by atoms with van der Waals surface area (Å²) in [6, 6.07) is 12.8. The molecule has 1 aliphatic rings. The van der Waals surface area contributed by atoms with E-state index in [-0.39, 0.29) is 28.6 Å². The van der Waals surface area contributed by atoms with Crippen molar-refractivity contribution in [3.05, 3.63) is 75.5 Å². The number of para-hydroxylation sites is 2. The highest BCUT2D eigenvalue weighted by molar-refractivity contribution is 6.26. The minimum Gasteiger partial charge on any atom is -0.287 e. The SMILES string of the molecule is CC(=O)N1C(=Cc2ccccc2[N+](=O)[O-])C(=O)c2ccccc21. The van der Waals surface area contributed by atoms with E-state index in [0.29, 0.717) is 11.3 Å². The number of anilines is 1. The van der Waals surface area contributed by atoms with Gasteiger partial charge in [-0.1, -0.05) is 24.3 Å². The van der Waals surface area contributed by atoms with Crippen LogP contribution < -0.4 is 4.90 Å².